The monoisotopic (exact) mass is 511 g/mol. The molecule has 8 heteroatoms. The number of alkyl carbamates (subject to hydrolysis) is 1. The molecule has 0 spiro atoms. The lowest BCUT2D eigenvalue weighted by Gasteiger charge is -2.35. The first-order chi connectivity index (χ1) is 17.4. The lowest BCUT2D eigenvalue weighted by Crippen LogP contribution is -2.54. The number of carbonyl (C=O) groups excluding carboxylic acids is 3. The highest BCUT2D eigenvalue weighted by atomic mass is 16.6. The van der Waals surface area contributed by atoms with E-state index in [-0.39, 0.29) is 30.0 Å². The van der Waals surface area contributed by atoms with Crippen molar-refractivity contribution in [3.8, 4) is 5.75 Å². The second-order valence-corrected chi connectivity index (χ2v) is 10.4. The highest BCUT2D eigenvalue weighted by Crippen LogP contribution is 2.24. The Morgan fingerprint density at radius 2 is 1.59 bits per heavy atom. The van der Waals surface area contributed by atoms with Crippen LogP contribution in [0, 0.1) is 0 Å². The topological polar surface area (TPSA) is 108 Å². The summed E-state index contributed by atoms with van der Waals surface area (Å²) in [5.74, 6) is -0.572. The second-order valence-electron chi connectivity index (χ2n) is 10.4. The number of phenols is 1. The summed E-state index contributed by atoms with van der Waals surface area (Å²) in [4.78, 5) is 41.9. The van der Waals surface area contributed by atoms with E-state index in [4.69, 9.17) is 4.74 Å². The fraction of sp³-hybridized carbons (Fsp3) is 0.483. The zero-order valence-corrected chi connectivity index (χ0v) is 22.8. The van der Waals surface area contributed by atoms with E-state index in [2.05, 4.69) is 10.6 Å². The summed E-state index contributed by atoms with van der Waals surface area (Å²) in [5.41, 5.74) is 0.679. The van der Waals surface area contributed by atoms with E-state index in [1.54, 1.807) is 37.8 Å². The van der Waals surface area contributed by atoms with E-state index in [1.807, 2.05) is 51.1 Å². The molecule has 2 rings (SSSR count). The summed E-state index contributed by atoms with van der Waals surface area (Å²) in [6.07, 6.45) is 0.943. The fourth-order valence-electron chi connectivity index (χ4n) is 3.88. The van der Waals surface area contributed by atoms with E-state index in [1.165, 1.54) is 12.1 Å². The quantitative estimate of drug-likeness (QED) is 0.405. The van der Waals surface area contributed by atoms with Crippen LogP contribution in [0.25, 0.3) is 0 Å². The van der Waals surface area contributed by atoms with Gasteiger partial charge in [-0.05, 0) is 64.3 Å². The summed E-state index contributed by atoms with van der Waals surface area (Å²) in [6.45, 7) is 11.3. The Balaban J connectivity index is 2.50. The van der Waals surface area contributed by atoms with Crippen LogP contribution in [0.5, 0.6) is 5.75 Å². The lowest BCUT2D eigenvalue weighted by atomic mass is 9.99. The van der Waals surface area contributed by atoms with Gasteiger partial charge in [-0.1, -0.05) is 55.8 Å². The Bertz CT molecular complexity index is 1020. The minimum atomic E-state index is -0.991. The number of carbonyl (C=O) groups is 3. The van der Waals surface area contributed by atoms with E-state index >= 15 is 0 Å². The number of aromatic hydroxyl groups is 1. The Kier molecular flexibility index (Phi) is 11.0. The van der Waals surface area contributed by atoms with Gasteiger partial charge in [0.05, 0.1) is 0 Å². The zero-order chi connectivity index (χ0) is 27.6. The van der Waals surface area contributed by atoms with Crippen LogP contribution in [0.3, 0.4) is 0 Å². The van der Waals surface area contributed by atoms with Crippen molar-refractivity contribution in [3.63, 3.8) is 0 Å². The Hall–Kier alpha value is -3.55. The number of hydrogen-bond donors (Lipinski definition) is 3. The average molecular weight is 512 g/mol. The SMILES string of the molecule is CCCCN(C(=O)C(Cc1ccc(O)cc1)NC(=O)OC(C)(C)C)C(C(=O)NC(C)C)c1ccccc1. The summed E-state index contributed by atoms with van der Waals surface area (Å²) in [7, 11) is 0. The maximum atomic E-state index is 14.2. The van der Waals surface area contributed by atoms with E-state index < -0.39 is 23.8 Å². The van der Waals surface area contributed by atoms with E-state index in [0.29, 0.717) is 18.5 Å². The van der Waals surface area contributed by atoms with Crippen LogP contribution < -0.4 is 10.6 Å². The highest BCUT2D eigenvalue weighted by molar-refractivity contribution is 5.92. The normalized spacial score (nSPS) is 12.9. The summed E-state index contributed by atoms with van der Waals surface area (Å²) in [5, 5.41) is 15.4. The number of rotatable bonds is 11. The van der Waals surface area contributed by atoms with Crippen LogP contribution in [0.4, 0.5) is 4.79 Å². The van der Waals surface area contributed by atoms with Gasteiger partial charge >= 0.3 is 6.09 Å². The molecule has 0 fully saturated rings. The van der Waals surface area contributed by atoms with E-state index in [9.17, 15) is 19.5 Å². The van der Waals surface area contributed by atoms with Crippen molar-refractivity contribution in [2.24, 2.45) is 0 Å². The summed E-state index contributed by atoms with van der Waals surface area (Å²) >= 11 is 0. The number of benzene rings is 2. The van der Waals surface area contributed by atoms with Gasteiger partial charge in [0.25, 0.3) is 0 Å². The van der Waals surface area contributed by atoms with Crippen LogP contribution in [0.1, 0.15) is 71.6 Å². The Morgan fingerprint density at radius 3 is 2.14 bits per heavy atom. The molecule has 3 amide bonds. The molecular weight excluding hydrogens is 470 g/mol. The van der Waals surface area contributed by atoms with Gasteiger partial charge in [0, 0.05) is 19.0 Å². The molecule has 3 N–H and O–H groups in total. The molecule has 0 radical (unpaired) electrons. The Morgan fingerprint density at radius 1 is 0.973 bits per heavy atom. The molecule has 0 aliphatic rings. The van der Waals surface area contributed by atoms with Gasteiger partial charge in [-0.3, -0.25) is 9.59 Å². The smallest absolute Gasteiger partial charge is 0.408 e. The third-order valence-corrected chi connectivity index (χ3v) is 5.51. The molecule has 0 bridgehead atoms. The van der Waals surface area contributed by atoms with Gasteiger partial charge in [-0.25, -0.2) is 4.79 Å². The van der Waals surface area contributed by atoms with Gasteiger partial charge in [-0.2, -0.15) is 0 Å². The molecule has 37 heavy (non-hydrogen) atoms. The predicted molar refractivity (Wildman–Crippen MR) is 144 cm³/mol. The minimum Gasteiger partial charge on any atom is -0.508 e. The summed E-state index contributed by atoms with van der Waals surface area (Å²) < 4.78 is 5.44. The van der Waals surface area contributed by atoms with Gasteiger partial charge < -0.3 is 25.4 Å². The third kappa shape index (κ3) is 9.79. The van der Waals surface area contributed by atoms with E-state index in [0.717, 1.165) is 12.0 Å². The van der Waals surface area contributed by atoms with Gasteiger partial charge in [0.15, 0.2) is 0 Å². The summed E-state index contributed by atoms with van der Waals surface area (Å²) in [6, 6.07) is 13.7. The number of unbranched alkanes of at least 4 members (excludes halogenated alkanes) is 1. The van der Waals surface area contributed by atoms with Crippen LogP contribution >= 0.6 is 0 Å². The largest absolute Gasteiger partial charge is 0.508 e. The molecule has 8 nitrogen and oxygen atoms in total. The predicted octanol–water partition coefficient (Wildman–Crippen LogP) is 4.72. The molecule has 2 aromatic carbocycles. The van der Waals surface area contributed by atoms with Gasteiger partial charge in [0.2, 0.25) is 11.8 Å². The van der Waals surface area contributed by atoms with Crippen molar-refractivity contribution in [2.75, 3.05) is 6.54 Å². The first kappa shape index (κ1) is 29.7. The molecule has 0 heterocycles. The second kappa shape index (κ2) is 13.7. The maximum absolute atomic E-state index is 14.2. The van der Waals surface area contributed by atoms with Gasteiger partial charge in [0.1, 0.15) is 23.4 Å². The minimum absolute atomic E-state index is 0.103. The maximum Gasteiger partial charge on any atom is 0.408 e. The lowest BCUT2D eigenvalue weighted by molar-refractivity contribution is -0.142. The van der Waals surface area contributed by atoms with Crippen LogP contribution in [0.2, 0.25) is 0 Å². The number of nitrogens with zero attached hydrogens (tertiary/aromatic N) is 1. The molecule has 0 saturated heterocycles. The number of amides is 3. The number of nitrogens with one attached hydrogen (secondary N) is 2. The third-order valence-electron chi connectivity index (χ3n) is 5.51. The van der Waals surface area contributed by atoms with Gasteiger partial charge in [-0.15, -0.1) is 0 Å². The number of hydrogen-bond acceptors (Lipinski definition) is 5. The first-order valence-electron chi connectivity index (χ1n) is 12.8. The molecule has 0 aliphatic carbocycles. The molecule has 0 aliphatic heterocycles. The highest BCUT2D eigenvalue weighted by Gasteiger charge is 2.36. The molecule has 202 valence electrons. The molecular formula is C29H41N3O5. The van der Waals surface area contributed by atoms with Crippen molar-refractivity contribution in [3.05, 3.63) is 65.7 Å². The Labute approximate surface area is 220 Å². The molecule has 0 aromatic heterocycles. The van der Waals surface area contributed by atoms with Crippen molar-refractivity contribution in [1.29, 1.82) is 0 Å². The van der Waals surface area contributed by atoms with Crippen molar-refractivity contribution in [2.45, 2.75) is 84.5 Å². The van der Waals surface area contributed by atoms with Crippen LogP contribution in [-0.2, 0) is 20.7 Å². The first-order valence-corrected chi connectivity index (χ1v) is 12.8. The number of ether oxygens (including phenoxy) is 1. The molecule has 2 aromatic rings. The van der Waals surface area contributed by atoms with Crippen LogP contribution in [0.15, 0.2) is 54.6 Å². The standard InChI is InChI=1S/C29H41N3O5/c1-7-8-18-32(25(26(34)30-20(2)3)22-12-10-9-11-13-22)27(35)24(31-28(36)37-29(4,5)6)19-21-14-16-23(33)17-15-21/h9-17,20,24-25,33H,7-8,18-19H2,1-6H3,(H,30,34)(H,31,36). The van der Waals surface area contributed by atoms with Crippen molar-refractivity contribution >= 4 is 17.9 Å². The molecule has 2 unspecified atom stereocenters. The molecule has 0 saturated carbocycles. The zero-order valence-electron chi connectivity index (χ0n) is 22.8. The van der Waals surface area contributed by atoms with Crippen molar-refractivity contribution in [1.82, 2.24) is 15.5 Å². The fourth-order valence-corrected chi connectivity index (χ4v) is 3.88. The average Bonchev–Trinajstić information content (AvgIpc) is 2.81. The molecule has 2 atom stereocenters. The van der Waals surface area contributed by atoms with Crippen LogP contribution in [-0.4, -0.2) is 52.1 Å². The van der Waals surface area contributed by atoms with Crippen molar-refractivity contribution < 1.29 is 24.2 Å². The number of phenolic OH excluding ortho intramolecular Hbond substituents is 1.